The Bertz CT molecular complexity index is 1090. The second-order valence-corrected chi connectivity index (χ2v) is 11.6. The van der Waals surface area contributed by atoms with Gasteiger partial charge in [-0.1, -0.05) is 20.3 Å². The van der Waals surface area contributed by atoms with Crippen LogP contribution >= 0.6 is 7.60 Å². The number of nitrogens with zero attached hydrogens (tertiary/aromatic N) is 1. The first-order valence-electron chi connectivity index (χ1n) is 12.7. The summed E-state index contributed by atoms with van der Waals surface area (Å²) in [6, 6.07) is 0.421. The molecule has 1 aromatic rings. The lowest BCUT2D eigenvalue weighted by Crippen LogP contribution is -2.55. The van der Waals surface area contributed by atoms with Crippen LogP contribution in [0.3, 0.4) is 0 Å². The molecule has 0 radical (unpaired) electrons. The molecule has 2 aliphatic rings. The Hall–Kier alpha value is -2.60. The van der Waals surface area contributed by atoms with Crippen LogP contribution in [0.1, 0.15) is 50.3 Å². The van der Waals surface area contributed by atoms with Crippen molar-refractivity contribution < 1.29 is 42.7 Å². The highest BCUT2D eigenvalue weighted by Gasteiger charge is 2.43. The molecule has 38 heavy (non-hydrogen) atoms. The van der Waals surface area contributed by atoms with Gasteiger partial charge in [0, 0.05) is 30.9 Å². The Balaban J connectivity index is 1.77. The third-order valence-electron chi connectivity index (χ3n) is 7.15. The van der Waals surface area contributed by atoms with E-state index in [1.165, 1.54) is 0 Å². The van der Waals surface area contributed by atoms with Gasteiger partial charge < -0.3 is 35.0 Å². The van der Waals surface area contributed by atoms with Crippen LogP contribution in [0.5, 0.6) is 0 Å². The molecule has 0 aromatic carbocycles. The van der Waals surface area contributed by atoms with Gasteiger partial charge in [0.05, 0.1) is 18.4 Å². The Labute approximate surface area is 220 Å². The van der Waals surface area contributed by atoms with Gasteiger partial charge in [-0.25, -0.2) is 4.39 Å². The molecule has 212 valence electrons. The van der Waals surface area contributed by atoms with Crippen LogP contribution in [0.2, 0.25) is 0 Å². The van der Waals surface area contributed by atoms with Crippen LogP contribution in [0.4, 0.5) is 4.39 Å². The molecule has 2 heterocycles. The van der Waals surface area contributed by atoms with Crippen molar-refractivity contribution in [1.29, 1.82) is 0 Å². The van der Waals surface area contributed by atoms with Crippen LogP contribution < -0.4 is 16.0 Å². The fourth-order valence-corrected chi connectivity index (χ4v) is 5.42. The van der Waals surface area contributed by atoms with E-state index in [9.17, 15) is 28.1 Å². The van der Waals surface area contributed by atoms with Crippen LogP contribution in [-0.4, -0.2) is 76.1 Å². The minimum absolute atomic E-state index is 0.150. The first kappa shape index (κ1) is 29.9. The van der Waals surface area contributed by atoms with E-state index >= 15 is 0 Å². The summed E-state index contributed by atoms with van der Waals surface area (Å²) in [6.07, 6.45) is 2.49. The molecule has 5 atom stereocenters. The molecule has 1 aliphatic heterocycles. The number of hydrogen-bond donors (Lipinski definition) is 5. The largest absolute Gasteiger partial charge is 0.369 e. The summed E-state index contributed by atoms with van der Waals surface area (Å²) in [4.78, 5) is 69.9. The van der Waals surface area contributed by atoms with Gasteiger partial charge in [0.25, 0.3) is 0 Å². The van der Waals surface area contributed by atoms with E-state index in [1.54, 1.807) is 10.8 Å². The highest BCUT2D eigenvalue weighted by atomic mass is 31.2. The molecule has 5 N–H and O–H groups in total. The Morgan fingerprint density at radius 1 is 1.32 bits per heavy atom. The van der Waals surface area contributed by atoms with Crippen LogP contribution in [-0.2, 0) is 41.4 Å². The van der Waals surface area contributed by atoms with Crippen LogP contribution in [0.15, 0.2) is 12.3 Å². The van der Waals surface area contributed by atoms with Gasteiger partial charge in [-0.15, -0.1) is 0 Å². The standard InChI is InChI=1S/C24H36FN4O8P/c1-3-14(2)21(28-19(31)12-37-9-7-25)24(33)27-17-5-4-15-6-8-29-11-16(10-18(30)20(17)22(15)29)23(32)26-13-38(34,35)36/h6,8,14,16-17,20-21H,3-5,7,9-13H2,1-2H3,(H,26,32)(H,27,33)(H,28,31)(H2,34,35,36)/t14?,16-,17-,20?,21?/m0/s1. The zero-order chi connectivity index (χ0) is 28.0. The third-order valence-corrected chi connectivity index (χ3v) is 7.72. The molecule has 3 rings (SSSR count). The van der Waals surface area contributed by atoms with Crippen LogP contribution in [0.25, 0.3) is 0 Å². The molecule has 0 bridgehead atoms. The van der Waals surface area contributed by atoms with Crippen molar-refractivity contribution in [2.75, 3.05) is 26.2 Å². The second-order valence-electron chi connectivity index (χ2n) is 9.91. The number of ketones is 1. The molecule has 1 aromatic heterocycles. The van der Waals surface area contributed by atoms with E-state index in [2.05, 4.69) is 16.0 Å². The van der Waals surface area contributed by atoms with Gasteiger partial charge in [-0.2, -0.15) is 0 Å². The monoisotopic (exact) mass is 558 g/mol. The predicted molar refractivity (Wildman–Crippen MR) is 134 cm³/mol. The van der Waals surface area contributed by atoms with Crippen molar-refractivity contribution in [2.24, 2.45) is 11.8 Å². The maximum absolute atomic E-state index is 13.5. The van der Waals surface area contributed by atoms with E-state index < -0.39 is 62.2 Å². The number of alkyl halides is 1. The number of carbonyl (C=O) groups excluding carboxylic acids is 4. The molecule has 0 spiro atoms. The average molecular weight is 559 g/mol. The number of nitrogens with one attached hydrogen (secondary N) is 3. The number of Topliss-reactive ketones (excluding diaryl/α,β-unsaturated/α-hetero) is 1. The normalized spacial score (nSPS) is 22.6. The zero-order valence-corrected chi connectivity index (χ0v) is 22.4. The number of halogens is 1. The lowest BCUT2D eigenvalue weighted by atomic mass is 9.79. The SMILES string of the molecule is CCC(C)C(NC(=O)COCCF)C(=O)N[C@H]1CCc2ccn3c2C1C(=O)C[C@H](C(=O)NCP(=O)(O)O)C3. The van der Waals surface area contributed by atoms with Crippen molar-refractivity contribution in [3.05, 3.63) is 23.5 Å². The lowest BCUT2D eigenvalue weighted by molar-refractivity contribution is -0.133. The van der Waals surface area contributed by atoms with Gasteiger partial charge in [0.2, 0.25) is 17.7 Å². The summed E-state index contributed by atoms with van der Waals surface area (Å²) >= 11 is 0. The molecule has 14 heteroatoms. The molecule has 3 unspecified atom stereocenters. The quantitative estimate of drug-likeness (QED) is 0.180. The second kappa shape index (κ2) is 13.0. The maximum Gasteiger partial charge on any atom is 0.344 e. The fourth-order valence-electron chi connectivity index (χ4n) is 5.06. The number of rotatable bonds is 12. The van der Waals surface area contributed by atoms with Gasteiger partial charge >= 0.3 is 7.60 Å². The van der Waals surface area contributed by atoms with E-state index in [0.717, 1.165) is 11.3 Å². The first-order chi connectivity index (χ1) is 17.9. The summed E-state index contributed by atoms with van der Waals surface area (Å²) in [5, 5.41) is 7.84. The van der Waals surface area contributed by atoms with E-state index in [4.69, 9.17) is 14.5 Å². The average Bonchev–Trinajstić information content (AvgIpc) is 3.19. The lowest BCUT2D eigenvalue weighted by Gasteiger charge is -2.34. The fraction of sp³-hybridized carbons (Fsp3) is 0.667. The topological polar surface area (TPSA) is 176 Å². The third kappa shape index (κ3) is 7.49. The maximum atomic E-state index is 13.5. The molecule has 0 saturated heterocycles. The minimum Gasteiger partial charge on any atom is -0.369 e. The van der Waals surface area contributed by atoms with Gasteiger partial charge in [-0.3, -0.25) is 23.7 Å². The number of aryl methyl sites for hydroxylation is 1. The van der Waals surface area contributed by atoms with Crippen molar-refractivity contribution in [3.63, 3.8) is 0 Å². The summed E-state index contributed by atoms with van der Waals surface area (Å²) in [7, 11) is -4.46. The molecule has 12 nitrogen and oxygen atoms in total. The molecule has 1 aliphatic carbocycles. The molecular formula is C24H36FN4O8P. The molecule has 3 amide bonds. The van der Waals surface area contributed by atoms with E-state index in [-0.39, 0.29) is 37.9 Å². The number of aromatic nitrogens is 1. The zero-order valence-electron chi connectivity index (χ0n) is 21.5. The number of carbonyl (C=O) groups is 4. The smallest absolute Gasteiger partial charge is 0.344 e. The Morgan fingerprint density at radius 2 is 2.05 bits per heavy atom. The van der Waals surface area contributed by atoms with Gasteiger partial charge in [0.15, 0.2) is 0 Å². The summed E-state index contributed by atoms with van der Waals surface area (Å²) in [5.74, 6) is -3.64. The summed E-state index contributed by atoms with van der Waals surface area (Å²) in [5.41, 5.74) is 1.67. The highest BCUT2D eigenvalue weighted by Crippen LogP contribution is 2.38. The Kier molecular flexibility index (Phi) is 10.2. The summed E-state index contributed by atoms with van der Waals surface area (Å²) < 4.78 is 30.2. The van der Waals surface area contributed by atoms with Crippen LogP contribution in [0, 0.1) is 11.8 Å². The molecule has 0 saturated carbocycles. The Morgan fingerprint density at radius 3 is 2.71 bits per heavy atom. The van der Waals surface area contributed by atoms with Crippen molar-refractivity contribution in [2.45, 2.75) is 64.1 Å². The van der Waals surface area contributed by atoms with E-state index in [0.29, 0.717) is 19.3 Å². The number of amides is 3. The number of hydrogen-bond acceptors (Lipinski definition) is 6. The highest BCUT2D eigenvalue weighted by molar-refractivity contribution is 7.51. The van der Waals surface area contributed by atoms with Gasteiger partial charge in [-0.05, 0) is 30.4 Å². The number of ether oxygens (including phenoxy) is 1. The van der Waals surface area contributed by atoms with Crippen molar-refractivity contribution in [1.82, 2.24) is 20.5 Å². The van der Waals surface area contributed by atoms with Crippen molar-refractivity contribution >= 4 is 31.1 Å². The molecular weight excluding hydrogens is 522 g/mol. The van der Waals surface area contributed by atoms with E-state index in [1.807, 2.05) is 19.9 Å². The minimum atomic E-state index is -4.46. The van der Waals surface area contributed by atoms with Crippen molar-refractivity contribution in [3.8, 4) is 0 Å². The summed E-state index contributed by atoms with van der Waals surface area (Å²) in [6.45, 7) is 2.53. The predicted octanol–water partition coefficient (Wildman–Crippen LogP) is 0.360. The van der Waals surface area contributed by atoms with Gasteiger partial charge in [0.1, 0.15) is 31.4 Å². The first-order valence-corrected chi connectivity index (χ1v) is 14.5. The molecule has 0 fully saturated rings.